The molecule has 0 spiro atoms. The molecule has 0 amide bonds. The first kappa shape index (κ1) is 35.7. The number of nitrogens with two attached hydrogens (primary N) is 2. The van der Waals surface area contributed by atoms with E-state index in [2.05, 4.69) is 52.3 Å². The number of hydroxylamine groups is 2. The summed E-state index contributed by atoms with van der Waals surface area (Å²) in [5.41, 5.74) is 15.6. The van der Waals surface area contributed by atoms with Crippen LogP contribution < -0.4 is 31.9 Å². The van der Waals surface area contributed by atoms with Crippen LogP contribution in [0.15, 0.2) is 65.7 Å². The topological polar surface area (TPSA) is 259 Å². The fourth-order valence-corrected chi connectivity index (χ4v) is 3.07. The highest BCUT2D eigenvalue weighted by Crippen LogP contribution is 2.22. The van der Waals surface area contributed by atoms with Gasteiger partial charge in [-0.05, 0) is 61.4 Å². The van der Waals surface area contributed by atoms with Crippen LogP contribution in [0.25, 0.3) is 0 Å². The first-order valence-corrected chi connectivity index (χ1v) is 13.2. The summed E-state index contributed by atoms with van der Waals surface area (Å²) < 4.78 is 44.5. The summed E-state index contributed by atoms with van der Waals surface area (Å²) in [5, 5.41) is 30.7. The molecule has 0 heterocycles. The molecule has 0 atom stereocenters. The standard InChI is InChI=1S/2C10H13BrN4O2.H2O4S/c2*1-7-6-8(11)2-3-9(7)17-5-4-13-14-10(12)15-16;1-5(2,3)4/h2*2-4,6,16H,5H2,1H3,(H3,12,14,15);(H2,1,2,3,4)/b2*13-4+;. The lowest BCUT2D eigenvalue weighted by molar-refractivity contribution is 0.232. The number of ether oxygens (including phenoxy) is 2. The van der Waals surface area contributed by atoms with Gasteiger partial charge in [0.05, 0.1) is 12.4 Å². The van der Waals surface area contributed by atoms with E-state index in [9.17, 15) is 0 Å². The highest BCUT2D eigenvalue weighted by Gasteiger charge is 1.99. The minimum Gasteiger partial charge on any atom is -0.488 e. The average Bonchev–Trinajstić information content (AvgIpc) is 2.85. The van der Waals surface area contributed by atoms with Gasteiger partial charge in [-0.2, -0.15) is 18.6 Å². The minimum absolute atomic E-state index is 0.180. The normalized spacial score (nSPS) is 11.8. The number of hydrogen-bond acceptors (Lipinski definition) is 10. The van der Waals surface area contributed by atoms with E-state index in [-0.39, 0.29) is 25.1 Å². The fourth-order valence-electron chi connectivity index (χ4n) is 2.12. The van der Waals surface area contributed by atoms with Crippen LogP contribution in [-0.4, -0.2) is 65.5 Å². The molecule has 0 aromatic heterocycles. The number of halogens is 2. The van der Waals surface area contributed by atoms with Gasteiger partial charge in [0.25, 0.3) is 0 Å². The third-order valence-corrected chi connectivity index (χ3v) is 4.61. The second kappa shape index (κ2) is 19.7. The van der Waals surface area contributed by atoms with E-state index in [1.165, 1.54) is 12.4 Å². The van der Waals surface area contributed by atoms with Crippen molar-refractivity contribution in [2.24, 2.45) is 31.9 Å². The zero-order valence-corrected chi connectivity index (χ0v) is 24.6. The molecule has 19 heteroatoms. The maximum absolute atomic E-state index is 8.74. The molecule has 16 nitrogen and oxygen atoms in total. The highest BCUT2D eigenvalue weighted by molar-refractivity contribution is 9.10. The summed E-state index contributed by atoms with van der Waals surface area (Å²) in [6.45, 7) is 4.43. The second-order valence-corrected chi connectivity index (χ2v) is 9.41. The Balaban J connectivity index is 0.000000632. The van der Waals surface area contributed by atoms with E-state index in [1.807, 2.05) is 50.2 Å². The van der Waals surface area contributed by atoms with Crippen molar-refractivity contribution < 1.29 is 37.4 Å². The van der Waals surface area contributed by atoms with Crippen LogP contribution in [0.1, 0.15) is 11.1 Å². The van der Waals surface area contributed by atoms with Crippen molar-refractivity contribution in [3.8, 4) is 11.5 Å². The number of nitrogens with zero attached hydrogens (tertiary/aromatic N) is 4. The Bertz CT molecular complexity index is 1170. The number of benzene rings is 2. The van der Waals surface area contributed by atoms with Crippen LogP contribution >= 0.6 is 31.9 Å². The lowest BCUT2D eigenvalue weighted by Gasteiger charge is -2.06. The molecular formula is C20H28Br2N8O8S. The molecule has 0 bridgehead atoms. The van der Waals surface area contributed by atoms with Crippen LogP contribution in [0.2, 0.25) is 0 Å². The number of aryl methyl sites for hydroxylation is 2. The quantitative estimate of drug-likeness (QED) is 0.0853. The molecule has 10 N–H and O–H groups in total. The zero-order valence-electron chi connectivity index (χ0n) is 20.6. The maximum Gasteiger partial charge on any atom is 0.394 e. The summed E-state index contributed by atoms with van der Waals surface area (Å²) >= 11 is 6.74. The van der Waals surface area contributed by atoms with Crippen molar-refractivity contribution in [1.29, 1.82) is 0 Å². The molecule has 39 heavy (non-hydrogen) atoms. The monoisotopic (exact) mass is 698 g/mol. The molecule has 0 aliphatic rings. The Morgan fingerprint density at radius 1 is 0.846 bits per heavy atom. The molecule has 0 saturated heterocycles. The summed E-state index contributed by atoms with van der Waals surface area (Å²) in [5.74, 6) is 1.19. The van der Waals surface area contributed by atoms with Crippen LogP contribution in [0, 0.1) is 13.8 Å². The predicted molar refractivity (Wildman–Crippen MR) is 153 cm³/mol. The Morgan fingerprint density at radius 2 is 1.18 bits per heavy atom. The summed E-state index contributed by atoms with van der Waals surface area (Å²) in [6.07, 6.45) is 2.87. The van der Waals surface area contributed by atoms with E-state index in [4.69, 9.17) is 48.9 Å². The SMILES string of the molecule is Cc1cc(Br)ccc1OC/C=N/N=C(\N)NO.Cc1cc(Br)ccc1OC/C=N/N=C(\N)NO.O=S(=O)(O)O. The van der Waals surface area contributed by atoms with Crippen LogP contribution in [0.4, 0.5) is 0 Å². The molecule has 216 valence electrons. The average molecular weight is 700 g/mol. The number of nitrogens with one attached hydrogen (secondary N) is 2. The van der Waals surface area contributed by atoms with Crippen molar-refractivity contribution in [3.05, 3.63) is 56.5 Å². The van der Waals surface area contributed by atoms with Crippen molar-refractivity contribution in [2.45, 2.75) is 13.8 Å². The Labute approximate surface area is 241 Å². The zero-order chi connectivity index (χ0) is 29.8. The van der Waals surface area contributed by atoms with Gasteiger partial charge < -0.3 is 20.9 Å². The molecule has 0 saturated carbocycles. The summed E-state index contributed by atoms with van der Waals surface area (Å²) in [4.78, 5) is 0. The fraction of sp³-hybridized carbons (Fsp3) is 0.200. The third kappa shape index (κ3) is 20.3. The van der Waals surface area contributed by atoms with Gasteiger partial charge in [0.1, 0.15) is 24.7 Å². The van der Waals surface area contributed by atoms with Crippen LogP contribution in [0.5, 0.6) is 11.5 Å². The van der Waals surface area contributed by atoms with Crippen molar-refractivity contribution >= 4 is 66.6 Å². The number of hydrogen-bond donors (Lipinski definition) is 8. The maximum atomic E-state index is 8.74. The Kier molecular flexibility index (Phi) is 18.0. The van der Waals surface area contributed by atoms with Gasteiger partial charge in [0, 0.05) is 8.95 Å². The van der Waals surface area contributed by atoms with E-state index in [0.717, 1.165) is 31.6 Å². The Hall–Kier alpha value is -3.33. The summed E-state index contributed by atoms with van der Waals surface area (Å²) in [7, 11) is -4.67. The largest absolute Gasteiger partial charge is 0.488 e. The molecule has 0 aliphatic heterocycles. The number of guanidine groups is 2. The minimum atomic E-state index is -4.67. The molecule has 2 rings (SSSR count). The first-order valence-electron chi connectivity index (χ1n) is 10.2. The van der Waals surface area contributed by atoms with Crippen molar-refractivity contribution in [3.63, 3.8) is 0 Å². The predicted octanol–water partition coefficient (Wildman–Crippen LogP) is 2.18. The van der Waals surface area contributed by atoms with Crippen molar-refractivity contribution in [2.75, 3.05) is 13.2 Å². The Morgan fingerprint density at radius 3 is 1.46 bits per heavy atom. The van der Waals surface area contributed by atoms with Crippen molar-refractivity contribution in [1.82, 2.24) is 11.0 Å². The molecule has 0 fully saturated rings. The summed E-state index contributed by atoms with van der Waals surface area (Å²) in [6, 6.07) is 11.4. The van der Waals surface area contributed by atoms with Gasteiger partial charge in [-0.15, -0.1) is 10.2 Å². The van der Waals surface area contributed by atoms with Crippen LogP contribution in [0.3, 0.4) is 0 Å². The highest BCUT2D eigenvalue weighted by atomic mass is 79.9. The van der Waals surface area contributed by atoms with E-state index < -0.39 is 10.4 Å². The van der Waals surface area contributed by atoms with Gasteiger partial charge in [-0.1, -0.05) is 31.9 Å². The van der Waals surface area contributed by atoms with Gasteiger partial charge in [0.15, 0.2) is 0 Å². The van der Waals surface area contributed by atoms with E-state index in [1.54, 1.807) is 11.0 Å². The number of rotatable bonds is 8. The van der Waals surface area contributed by atoms with E-state index >= 15 is 0 Å². The molecule has 0 radical (unpaired) electrons. The molecule has 0 unspecified atom stereocenters. The molecule has 0 aliphatic carbocycles. The van der Waals surface area contributed by atoms with Gasteiger partial charge in [-0.3, -0.25) is 19.5 Å². The smallest absolute Gasteiger partial charge is 0.394 e. The lowest BCUT2D eigenvalue weighted by atomic mass is 10.2. The van der Waals surface area contributed by atoms with Gasteiger partial charge in [0.2, 0.25) is 11.9 Å². The van der Waals surface area contributed by atoms with E-state index in [0.29, 0.717) is 0 Å². The lowest BCUT2D eigenvalue weighted by Crippen LogP contribution is -2.27. The molecular weight excluding hydrogens is 672 g/mol. The molecule has 2 aromatic rings. The molecule has 2 aromatic carbocycles. The van der Waals surface area contributed by atoms with Crippen LogP contribution in [-0.2, 0) is 10.4 Å². The third-order valence-electron chi connectivity index (χ3n) is 3.62. The van der Waals surface area contributed by atoms with Gasteiger partial charge >= 0.3 is 10.4 Å². The second-order valence-electron chi connectivity index (χ2n) is 6.68. The first-order chi connectivity index (χ1) is 18.3. The van der Waals surface area contributed by atoms with Gasteiger partial charge in [-0.25, -0.2) is 11.0 Å².